The normalized spacial score (nSPS) is 10.3. The molecule has 0 aromatic heterocycles. The van der Waals surface area contributed by atoms with Gasteiger partial charge in [0.1, 0.15) is 11.6 Å². The summed E-state index contributed by atoms with van der Waals surface area (Å²) in [6.45, 7) is 1.78. The number of aryl methyl sites for hydroxylation is 1. The summed E-state index contributed by atoms with van der Waals surface area (Å²) in [6, 6.07) is 5.56. The molecule has 0 heterocycles. The quantitative estimate of drug-likeness (QED) is 0.574. The number of benzene rings is 2. The van der Waals surface area contributed by atoms with Gasteiger partial charge in [0.25, 0.3) is 0 Å². The minimum Gasteiger partial charge on any atom is -0.206 e. The number of fused-ring (bicyclic) bond motifs is 1. The standard InChI is InChI=1S/C13H8F2/c1-3-9-11(14)7-5-10-12(15)6-4-8(2)13(9)10/h1,4-7H,2H3. The fourth-order valence-corrected chi connectivity index (χ4v) is 1.70. The zero-order valence-electron chi connectivity index (χ0n) is 8.14. The fourth-order valence-electron chi connectivity index (χ4n) is 1.70. The topological polar surface area (TPSA) is 0 Å². The fraction of sp³-hybridized carbons (Fsp3) is 0.0769. The lowest BCUT2D eigenvalue weighted by molar-refractivity contribution is 0.623. The van der Waals surface area contributed by atoms with Crippen molar-refractivity contribution in [3.63, 3.8) is 0 Å². The number of terminal acetylenes is 1. The van der Waals surface area contributed by atoms with Crippen molar-refractivity contribution in [1.29, 1.82) is 0 Å². The van der Waals surface area contributed by atoms with E-state index in [9.17, 15) is 8.78 Å². The van der Waals surface area contributed by atoms with Gasteiger partial charge in [-0.15, -0.1) is 6.42 Å². The van der Waals surface area contributed by atoms with Crippen molar-refractivity contribution in [1.82, 2.24) is 0 Å². The van der Waals surface area contributed by atoms with Crippen LogP contribution in [0, 0.1) is 30.9 Å². The van der Waals surface area contributed by atoms with Crippen molar-refractivity contribution in [2.24, 2.45) is 0 Å². The highest BCUT2D eigenvalue weighted by atomic mass is 19.1. The lowest BCUT2D eigenvalue weighted by Crippen LogP contribution is -1.91. The first-order valence-corrected chi connectivity index (χ1v) is 4.49. The zero-order valence-corrected chi connectivity index (χ0v) is 8.14. The summed E-state index contributed by atoms with van der Waals surface area (Å²) < 4.78 is 26.8. The van der Waals surface area contributed by atoms with Crippen molar-refractivity contribution >= 4 is 10.8 Å². The Morgan fingerprint density at radius 3 is 2.40 bits per heavy atom. The van der Waals surface area contributed by atoms with Gasteiger partial charge < -0.3 is 0 Å². The van der Waals surface area contributed by atoms with Crippen molar-refractivity contribution in [2.75, 3.05) is 0 Å². The average molecular weight is 202 g/mol. The van der Waals surface area contributed by atoms with Gasteiger partial charge in [0.15, 0.2) is 0 Å². The van der Waals surface area contributed by atoms with Crippen LogP contribution in [0.5, 0.6) is 0 Å². The minimum absolute atomic E-state index is 0.129. The molecule has 0 bridgehead atoms. The lowest BCUT2D eigenvalue weighted by Gasteiger charge is -2.06. The maximum Gasteiger partial charge on any atom is 0.139 e. The highest BCUT2D eigenvalue weighted by molar-refractivity contribution is 5.91. The number of rotatable bonds is 0. The van der Waals surface area contributed by atoms with Crippen LogP contribution >= 0.6 is 0 Å². The maximum atomic E-state index is 13.4. The highest BCUT2D eigenvalue weighted by Crippen LogP contribution is 2.26. The molecule has 0 N–H and O–H groups in total. The van der Waals surface area contributed by atoms with Crippen LogP contribution in [0.15, 0.2) is 24.3 Å². The molecule has 0 aliphatic heterocycles. The van der Waals surface area contributed by atoms with Crippen LogP contribution in [0.4, 0.5) is 8.78 Å². The second-order valence-corrected chi connectivity index (χ2v) is 3.35. The van der Waals surface area contributed by atoms with Crippen molar-refractivity contribution in [2.45, 2.75) is 6.92 Å². The molecule has 15 heavy (non-hydrogen) atoms. The Morgan fingerprint density at radius 2 is 1.73 bits per heavy atom. The molecule has 2 aromatic rings. The molecule has 2 rings (SSSR count). The van der Waals surface area contributed by atoms with Crippen LogP contribution in [0.3, 0.4) is 0 Å². The molecule has 0 amide bonds. The molecule has 0 saturated carbocycles. The predicted octanol–water partition coefficient (Wildman–Crippen LogP) is 3.41. The SMILES string of the molecule is C#Cc1c(F)ccc2c(F)ccc(C)c12. The molecule has 2 aromatic carbocycles. The Bertz CT molecular complexity index is 577. The van der Waals surface area contributed by atoms with E-state index in [1.54, 1.807) is 13.0 Å². The third-order valence-corrected chi connectivity index (χ3v) is 2.43. The Labute approximate surface area is 86.5 Å². The summed E-state index contributed by atoms with van der Waals surface area (Å²) in [4.78, 5) is 0. The van der Waals surface area contributed by atoms with Gasteiger partial charge in [-0.25, -0.2) is 8.78 Å². The Hall–Kier alpha value is -1.88. The molecule has 0 saturated heterocycles. The summed E-state index contributed by atoms with van der Waals surface area (Å²) in [5.74, 6) is 1.40. The molecule has 74 valence electrons. The molecular formula is C13H8F2. The summed E-state index contributed by atoms with van der Waals surface area (Å²) >= 11 is 0. The monoisotopic (exact) mass is 202 g/mol. The van der Waals surface area contributed by atoms with Crippen molar-refractivity contribution < 1.29 is 8.78 Å². The van der Waals surface area contributed by atoms with Gasteiger partial charge in [-0.05, 0) is 30.7 Å². The molecule has 2 heteroatoms. The predicted molar refractivity (Wildman–Crippen MR) is 56.5 cm³/mol. The molecule has 0 atom stereocenters. The Balaban J connectivity index is 3.05. The molecule has 0 spiro atoms. The van der Waals surface area contributed by atoms with E-state index in [0.717, 1.165) is 5.56 Å². The van der Waals surface area contributed by atoms with Gasteiger partial charge in [0, 0.05) is 10.8 Å². The summed E-state index contributed by atoms with van der Waals surface area (Å²) in [6.07, 6.45) is 5.22. The second kappa shape index (κ2) is 3.36. The van der Waals surface area contributed by atoms with E-state index in [1.807, 2.05) is 0 Å². The van der Waals surface area contributed by atoms with Crippen LogP contribution in [-0.2, 0) is 0 Å². The third-order valence-electron chi connectivity index (χ3n) is 2.43. The zero-order chi connectivity index (χ0) is 11.0. The Morgan fingerprint density at radius 1 is 1.07 bits per heavy atom. The minimum atomic E-state index is -0.487. The van der Waals surface area contributed by atoms with Gasteiger partial charge in [-0.3, -0.25) is 0 Å². The van der Waals surface area contributed by atoms with E-state index in [0.29, 0.717) is 10.8 Å². The molecule has 0 nitrogen and oxygen atoms in total. The van der Waals surface area contributed by atoms with E-state index in [-0.39, 0.29) is 11.4 Å². The summed E-state index contributed by atoms with van der Waals surface area (Å²) in [5, 5.41) is 0.849. The van der Waals surface area contributed by atoms with Crippen LogP contribution in [0.1, 0.15) is 11.1 Å². The number of hydrogen-bond acceptors (Lipinski definition) is 0. The van der Waals surface area contributed by atoms with Crippen LogP contribution in [-0.4, -0.2) is 0 Å². The smallest absolute Gasteiger partial charge is 0.139 e. The average Bonchev–Trinajstić information content (AvgIpc) is 2.23. The first-order chi connectivity index (χ1) is 7.15. The number of hydrogen-bond donors (Lipinski definition) is 0. The van der Waals surface area contributed by atoms with E-state index >= 15 is 0 Å². The first-order valence-electron chi connectivity index (χ1n) is 4.49. The van der Waals surface area contributed by atoms with Gasteiger partial charge in [0.05, 0.1) is 5.56 Å². The molecule has 0 aliphatic carbocycles. The van der Waals surface area contributed by atoms with Crippen LogP contribution < -0.4 is 0 Å². The van der Waals surface area contributed by atoms with Crippen LogP contribution in [0.2, 0.25) is 0 Å². The summed E-state index contributed by atoms with van der Waals surface area (Å²) in [5.41, 5.74) is 0.906. The lowest BCUT2D eigenvalue weighted by atomic mass is 9.99. The van der Waals surface area contributed by atoms with E-state index < -0.39 is 5.82 Å². The molecule has 0 fully saturated rings. The Kier molecular flexibility index (Phi) is 2.17. The molecule has 0 aliphatic rings. The summed E-state index contributed by atoms with van der Waals surface area (Å²) in [7, 11) is 0. The third kappa shape index (κ3) is 1.37. The van der Waals surface area contributed by atoms with Gasteiger partial charge >= 0.3 is 0 Å². The largest absolute Gasteiger partial charge is 0.206 e. The van der Waals surface area contributed by atoms with Crippen LogP contribution in [0.25, 0.3) is 10.8 Å². The first kappa shape index (κ1) is 9.67. The molecular weight excluding hydrogens is 194 g/mol. The molecule has 0 radical (unpaired) electrons. The van der Waals surface area contributed by atoms with E-state index in [2.05, 4.69) is 5.92 Å². The van der Waals surface area contributed by atoms with E-state index in [4.69, 9.17) is 6.42 Å². The van der Waals surface area contributed by atoms with Crippen molar-refractivity contribution in [3.05, 3.63) is 47.0 Å². The van der Waals surface area contributed by atoms with Gasteiger partial charge in [0.2, 0.25) is 0 Å². The van der Waals surface area contributed by atoms with Gasteiger partial charge in [-0.2, -0.15) is 0 Å². The number of halogens is 2. The highest BCUT2D eigenvalue weighted by Gasteiger charge is 2.10. The van der Waals surface area contributed by atoms with Crippen molar-refractivity contribution in [3.8, 4) is 12.3 Å². The maximum absolute atomic E-state index is 13.4. The van der Waals surface area contributed by atoms with Gasteiger partial charge in [-0.1, -0.05) is 12.0 Å². The second-order valence-electron chi connectivity index (χ2n) is 3.35. The van der Waals surface area contributed by atoms with E-state index in [1.165, 1.54) is 18.2 Å². The molecule has 0 unspecified atom stereocenters.